The van der Waals surface area contributed by atoms with Gasteiger partial charge in [0.2, 0.25) is 5.91 Å². The van der Waals surface area contributed by atoms with E-state index < -0.39 is 0 Å². The van der Waals surface area contributed by atoms with Crippen LogP contribution < -0.4 is 5.32 Å². The van der Waals surface area contributed by atoms with Gasteiger partial charge in [0, 0.05) is 23.3 Å². The van der Waals surface area contributed by atoms with Crippen LogP contribution in [0.25, 0.3) is 16.9 Å². The van der Waals surface area contributed by atoms with E-state index >= 15 is 0 Å². The molecule has 0 bridgehead atoms. The smallest absolute Gasteiger partial charge is 0.226 e. The standard InChI is InChI=1S/C22H16Cl3N3O/c23-16-8-6-15(7-9-16)21-19(28-13-17(24)10-18(25)22(28)27-21)11-20(29)26-12-14-4-2-1-3-5-14/h1-10,13H,11-12H2,(H,26,29). The number of halogens is 3. The molecule has 0 aliphatic carbocycles. The molecule has 1 amide bonds. The first-order valence-corrected chi connectivity index (χ1v) is 10.1. The molecule has 7 heteroatoms. The van der Waals surface area contributed by atoms with Crippen LogP contribution in [0.15, 0.2) is 66.9 Å². The van der Waals surface area contributed by atoms with Crippen LogP contribution in [0.4, 0.5) is 0 Å². The average molecular weight is 445 g/mol. The monoisotopic (exact) mass is 443 g/mol. The predicted octanol–water partition coefficient (Wildman–Crippen LogP) is 5.82. The summed E-state index contributed by atoms with van der Waals surface area (Å²) >= 11 is 18.6. The fraction of sp³-hybridized carbons (Fsp3) is 0.0909. The van der Waals surface area contributed by atoms with Crippen LogP contribution in [-0.4, -0.2) is 15.3 Å². The van der Waals surface area contributed by atoms with Gasteiger partial charge in [0.05, 0.1) is 27.9 Å². The number of carbonyl (C=O) groups excluding carboxylic acids is 1. The number of imidazole rings is 1. The van der Waals surface area contributed by atoms with Crippen LogP contribution in [0.2, 0.25) is 15.1 Å². The van der Waals surface area contributed by atoms with Crippen molar-refractivity contribution in [2.75, 3.05) is 0 Å². The third-order valence-corrected chi connectivity index (χ3v) is 5.26. The Bertz CT molecular complexity index is 1170. The van der Waals surface area contributed by atoms with Crippen LogP contribution in [0, 0.1) is 0 Å². The SMILES string of the molecule is O=C(Cc1c(-c2ccc(Cl)cc2)nc2c(Cl)cc(Cl)cn12)NCc1ccccc1. The number of amides is 1. The highest BCUT2D eigenvalue weighted by atomic mass is 35.5. The molecule has 0 spiro atoms. The molecule has 4 rings (SSSR count). The second-order valence-electron chi connectivity index (χ2n) is 6.55. The Kier molecular flexibility index (Phi) is 5.76. The number of hydrogen-bond donors (Lipinski definition) is 1. The van der Waals surface area contributed by atoms with E-state index in [1.807, 2.05) is 42.5 Å². The number of aromatic nitrogens is 2. The molecule has 2 heterocycles. The van der Waals surface area contributed by atoms with Gasteiger partial charge in [-0.2, -0.15) is 0 Å². The van der Waals surface area contributed by atoms with Gasteiger partial charge in [0.15, 0.2) is 5.65 Å². The van der Waals surface area contributed by atoms with E-state index in [0.29, 0.717) is 38.6 Å². The zero-order chi connectivity index (χ0) is 20.4. The lowest BCUT2D eigenvalue weighted by Gasteiger charge is -2.08. The van der Waals surface area contributed by atoms with E-state index in [2.05, 4.69) is 10.3 Å². The first-order valence-electron chi connectivity index (χ1n) is 8.94. The Labute approximate surface area is 183 Å². The summed E-state index contributed by atoms with van der Waals surface area (Å²) in [5.41, 5.74) is 3.80. The Morgan fingerprint density at radius 2 is 1.69 bits per heavy atom. The topological polar surface area (TPSA) is 46.4 Å². The van der Waals surface area contributed by atoms with Crippen molar-refractivity contribution in [2.45, 2.75) is 13.0 Å². The molecule has 4 nitrogen and oxygen atoms in total. The lowest BCUT2D eigenvalue weighted by molar-refractivity contribution is -0.120. The summed E-state index contributed by atoms with van der Waals surface area (Å²) in [6.07, 6.45) is 1.84. The van der Waals surface area contributed by atoms with Crippen molar-refractivity contribution in [3.8, 4) is 11.3 Å². The molecule has 4 aromatic rings. The number of nitrogens with one attached hydrogen (secondary N) is 1. The van der Waals surface area contributed by atoms with Gasteiger partial charge < -0.3 is 9.72 Å². The molecular weight excluding hydrogens is 429 g/mol. The number of benzene rings is 2. The van der Waals surface area contributed by atoms with Crippen LogP contribution >= 0.6 is 34.8 Å². The predicted molar refractivity (Wildman–Crippen MR) is 118 cm³/mol. The molecule has 0 saturated carbocycles. The van der Waals surface area contributed by atoms with Gasteiger partial charge in [0.25, 0.3) is 0 Å². The van der Waals surface area contributed by atoms with Crippen LogP contribution in [-0.2, 0) is 17.8 Å². The molecule has 0 unspecified atom stereocenters. The molecule has 146 valence electrons. The minimum absolute atomic E-state index is 0.123. The average Bonchev–Trinajstić information content (AvgIpc) is 3.06. The summed E-state index contributed by atoms with van der Waals surface area (Å²) in [7, 11) is 0. The Hall–Kier alpha value is -2.53. The Morgan fingerprint density at radius 1 is 0.966 bits per heavy atom. The van der Waals surface area contributed by atoms with Crippen LogP contribution in [0.5, 0.6) is 0 Å². The minimum atomic E-state index is -0.123. The van der Waals surface area contributed by atoms with E-state index in [9.17, 15) is 4.79 Å². The van der Waals surface area contributed by atoms with E-state index in [1.54, 1.807) is 28.8 Å². The van der Waals surface area contributed by atoms with Gasteiger partial charge in [-0.25, -0.2) is 4.98 Å². The van der Waals surface area contributed by atoms with Crippen molar-refractivity contribution in [2.24, 2.45) is 0 Å². The fourth-order valence-electron chi connectivity index (χ4n) is 3.14. The van der Waals surface area contributed by atoms with E-state index in [-0.39, 0.29) is 12.3 Å². The Morgan fingerprint density at radius 3 is 2.41 bits per heavy atom. The highest BCUT2D eigenvalue weighted by molar-refractivity contribution is 6.36. The summed E-state index contributed by atoms with van der Waals surface area (Å²) in [4.78, 5) is 17.4. The number of rotatable bonds is 5. The molecule has 29 heavy (non-hydrogen) atoms. The van der Waals surface area contributed by atoms with Gasteiger partial charge in [-0.3, -0.25) is 4.79 Å². The van der Waals surface area contributed by atoms with Crippen molar-refractivity contribution in [1.29, 1.82) is 0 Å². The largest absolute Gasteiger partial charge is 0.352 e. The highest BCUT2D eigenvalue weighted by Crippen LogP contribution is 2.30. The zero-order valence-electron chi connectivity index (χ0n) is 15.2. The molecular formula is C22H16Cl3N3O. The minimum Gasteiger partial charge on any atom is -0.352 e. The third-order valence-electron chi connectivity index (χ3n) is 4.52. The number of pyridine rings is 1. The maximum Gasteiger partial charge on any atom is 0.226 e. The summed E-state index contributed by atoms with van der Waals surface area (Å²) in [6, 6.07) is 18.7. The molecule has 0 atom stereocenters. The van der Waals surface area contributed by atoms with Crippen molar-refractivity contribution in [3.63, 3.8) is 0 Å². The first kappa shape index (κ1) is 19.8. The summed E-state index contributed by atoms with van der Waals surface area (Å²) in [5.74, 6) is -0.123. The van der Waals surface area contributed by atoms with E-state index in [0.717, 1.165) is 11.1 Å². The van der Waals surface area contributed by atoms with Crippen LogP contribution in [0.1, 0.15) is 11.3 Å². The lowest BCUT2D eigenvalue weighted by atomic mass is 10.1. The quantitative estimate of drug-likeness (QED) is 0.421. The van der Waals surface area contributed by atoms with Crippen molar-refractivity contribution in [1.82, 2.24) is 14.7 Å². The zero-order valence-corrected chi connectivity index (χ0v) is 17.5. The highest BCUT2D eigenvalue weighted by Gasteiger charge is 2.19. The first-order chi connectivity index (χ1) is 14.0. The van der Waals surface area contributed by atoms with Gasteiger partial charge in [0.1, 0.15) is 0 Å². The van der Waals surface area contributed by atoms with Gasteiger partial charge >= 0.3 is 0 Å². The van der Waals surface area contributed by atoms with E-state index in [1.165, 1.54) is 0 Å². The number of nitrogens with zero attached hydrogens (tertiary/aromatic N) is 2. The molecule has 2 aromatic heterocycles. The van der Waals surface area contributed by atoms with Crippen LogP contribution in [0.3, 0.4) is 0 Å². The summed E-state index contributed by atoms with van der Waals surface area (Å²) in [5, 5.41) is 4.46. The second-order valence-corrected chi connectivity index (χ2v) is 7.83. The summed E-state index contributed by atoms with van der Waals surface area (Å²) < 4.78 is 1.77. The van der Waals surface area contributed by atoms with Crippen molar-refractivity contribution in [3.05, 3.63) is 93.2 Å². The third kappa shape index (κ3) is 4.40. The molecule has 0 aliphatic rings. The molecule has 0 fully saturated rings. The molecule has 2 aromatic carbocycles. The fourth-order valence-corrected chi connectivity index (χ4v) is 3.78. The molecule has 0 radical (unpaired) electrons. The maximum atomic E-state index is 12.7. The molecule has 0 aliphatic heterocycles. The van der Waals surface area contributed by atoms with Crippen molar-refractivity contribution >= 4 is 46.4 Å². The number of hydrogen-bond acceptors (Lipinski definition) is 2. The maximum absolute atomic E-state index is 12.7. The lowest BCUT2D eigenvalue weighted by Crippen LogP contribution is -2.25. The van der Waals surface area contributed by atoms with E-state index in [4.69, 9.17) is 34.8 Å². The number of fused-ring (bicyclic) bond motifs is 1. The molecule has 0 saturated heterocycles. The van der Waals surface area contributed by atoms with Gasteiger partial charge in [-0.05, 0) is 23.8 Å². The second kappa shape index (κ2) is 8.46. The molecule has 1 N–H and O–H groups in total. The van der Waals surface area contributed by atoms with Gasteiger partial charge in [-0.15, -0.1) is 0 Å². The number of carbonyl (C=O) groups is 1. The normalized spacial score (nSPS) is 11.0. The Balaban J connectivity index is 1.70. The summed E-state index contributed by atoms with van der Waals surface area (Å²) in [6.45, 7) is 0.453. The van der Waals surface area contributed by atoms with Gasteiger partial charge in [-0.1, -0.05) is 77.3 Å². The van der Waals surface area contributed by atoms with Crippen molar-refractivity contribution < 1.29 is 4.79 Å².